The van der Waals surface area contributed by atoms with E-state index in [1.54, 1.807) is 0 Å². The predicted octanol–water partition coefficient (Wildman–Crippen LogP) is 3.13. The van der Waals surface area contributed by atoms with E-state index in [9.17, 15) is 0 Å². The van der Waals surface area contributed by atoms with Crippen LogP contribution in [-0.2, 0) is 0 Å². The van der Waals surface area contributed by atoms with Gasteiger partial charge in [-0.2, -0.15) is 0 Å². The molecule has 0 unspecified atom stereocenters. The Bertz CT molecular complexity index is 189. The molecule has 0 amide bonds. The molecule has 0 radical (unpaired) electrons. The quantitative estimate of drug-likeness (QED) is 0.688. The van der Waals surface area contributed by atoms with Crippen molar-refractivity contribution in [1.82, 2.24) is 10.2 Å². The van der Waals surface area contributed by atoms with E-state index in [0.29, 0.717) is 5.41 Å². The zero-order valence-electron chi connectivity index (χ0n) is 12.4. The van der Waals surface area contributed by atoms with Gasteiger partial charge in [0.05, 0.1) is 0 Å². The molecule has 1 aliphatic rings. The van der Waals surface area contributed by atoms with E-state index in [1.165, 1.54) is 51.9 Å². The van der Waals surface area contributed by atoms with E-state index in [2.05, 4.69) is 37.9 Å². The second-order valence-corrected chi connectivity index (χ2v) is 6.81. The standard InChI is InChI=1S/C15H32N2/c1-14(2)13-16-9-5-6-10-17-11-7-15(3,4)8-12-17/h14,16H,5-13H2,1-4H3. The molecule has 1 heterocycles. The fourth-order valence-corrected chi connectivity index (χ4v) is 2.36. The first-order valence-electron chi connectivity index (χ1n) is 7.43. The number of unbranched alkanes of at least 4 members (excludes halogenated alkanes) is 1. The van der Waals surface area contributed by atoms with Gasteiger partial charge < -0.3 is 10.2 Å². The molecular formula is C15H32N2. The summed E-state index contributed by atoms with van der Waals surface area (Å²) in [7, 11) is 0. The molecule has 0 saturated carbocycles. The van der Waals surface area contributed by atoms with Crippen LogP contribution in [0, 0.1) is 11.3 Å². The molecule has 0 atom stereocenters. The number of nitrogens with one attached hydrogen (secondary N) is 1. The average Bonchev–Trinajstić information content (AvgIpc) is 2.25. The Kier molecular flexibility index (Phi) is 6.50. The van der Waals surface area contributed by atoms with Gasteiger partial charge in [-0.05, 0) is 69.7 Å². The largest absolute Gasteiger partial charge is 0.316 e. The predicted molar refractivity (Wildman–Crippen MR) is 76.4 cm³/mol. The highest BCUT2D eigenvalue weighted by Gasteiger charge is 2.24. The Morgan fingerprint density at radius 3 is 2.35 bits per heavy atom. The Balaban J connectivity index is 1.94. The molecule has 102 valence electrons. The Morgan fingerprint density at radius 2 is 1.76 bits per heavy atom. The molecule has 1 aliphatic heterocycles. The molecule has 0 aromatic carbocycles. The average molecular weight is 240 g/mol. The third kappa shape index (κ3) is 7.05. The van der Waals surface area contributed by atoms with Crippen LogP contribution in [0.3, 0.4) is 0 Å². The molecule has 17 heavy (non-hydrogen) atoms. The molecule has 1 saturated heterocycles. The minimum Gasteiger partial charge on any atom is -0.316 e. The maximum atomic E-state index is 3.52. The molecule has 0 aromatic rings. The number of hydrogen-bond acceptors (Lipinski definition) is 2. The van der Waals surface area contributed by atoms with Crippen molar-refractivity contribution in [1.29, 1.82) is 0 Å². The zero-order chi connectivity index (χ0) is 12.7. The second-order valence-electron chi connectivity index (χ2n) is 6.81. The number of likely N-dealkylation sites (tertiary alicyclic amines) is 1. The smallest absolute Gasteiger partial charge is 0.00136 e. The monoisotopic (exact) mass is 240 g/mol. The van der Waals surface area contributed by atoms with Gasteiger partial charge in [0.2, 0.25) is 0 Å². The van der Waals surface area contributed by atoms with E-state index in [1.807, 2.05) is 0 Å². The van der Waals surface area contributed by atoms with Gasteiger partial charge in [0.1, 0.15) is 0 Å². The molecule has 0 aliphatic carbocycles. The molecule has 0 aromatic heterocycles. The zero-order valence-corrected chi connectivity index (χ0v) is 12.4. The molecular weight excluding hydrogens is 208 g/mol. The van der Waals surface area contributed by atoms with E-state index in [4.69, 9.17) is 0 Å². The Morgan fingerprint density at radius 1 is 1.12 bits per heavy atom. The van der Waals surface area contributed by atoms with Gasteiger partial charge in [-0.15, -0.1) is 0 Å². The summed E-state index contributed by atoms with van der Waals surface area (Å²) in [5, 5.41) is 3.52. The van der Waals surface area contributed by atoms with Gasteiger partial charge in [0.25, 0.3) is 0 Å². The lowest BCUT2D eigenvalue weighted by Crippen LogP contribution is -2.37. The van der Waals surface area contributed by atoms with Crippen molar-refractivity contribution in [3.63, 3.8) is 0 Å². The van der Waals surface area contributed by atoms with Crippen molar-refractivity contribution < 1.29 is 0 Å². The third-order valence-electron chi connectivity index (χ3n) is 3.84. The van der Waals surface area contributed by atoms with Gasteiger partial charge in [0, 0.05) is 0 Å². The summed E-state index contributed by atoms with van der Waals surface area (Å²) in [5.74, 6) is 0.777. The lowest BCUT2D eigenvalue weighted by molar-refractivity contribution is 0.131. The van der Waals surface area contributed by atoms with E-state index >= 15 is 0 Å². The molecule has 1 fully saturated rings. The number of rotatable bonds is 7. The van der Waals surface area contributed by atoms with E-state index < -0.39 is 0 Å². The first kappa shape index (κ1) is 15.0. The molecule has 2 nitrogen and oxygen atoms in total. The fourth-order valence-electron chi connectivity index (χ4n) is 2.36. The second kappa shape index (κ2) is 7.38. The van der Waals surface area contributed by atoms with Crippen LogP contribution in [0.25, 0.3) is 0 Å². The van der Waals surface area contributed by atoms with Crippen molar-refractivity contribution >= 4 is 0 Å². The van der Waals surface area contributed by atoms with E-state index in [0.717, 1.165) is 12.5 Å². The molecule has 0 bridgehead atoms. The summed E-state index contributed by atoms with van der Waals surface area (Å²) < 4.78 is 0. The van der Waals surface area contributed by atoms with Crippen LogP contribution >= 0.6 is 0 Å². The van der Waals surface area contributed by atoms with Crippen LogP contribution < -0.4 is 5.32 Å². The van der Waals surface area contributed by atoms with Crippen molar-refractivity contribution in [3.8, 4) is 0 Å². The van der Waals surface area contributed by atoms with Gasteiger partial charge in [-0.1, -0.05) is 27.7 Å². The van der Waals surface area contributed by atoms with Gasteiger partial charge in [-0.25, -0.2) is 0 Å². The number of hydrogen-bond donors (Lipinski definition) is 1. The Hall–Kier alpha value is -0.0800. The third-order valence-corrected chi connectivity index (χ3v) is 3.84. The van der Waals surface area contributed by atoms with Gasteiger partial charge >= 0.3 is 0 Å². The summed E-state index contributed by atoms with van der Waals surface area (Å²) in [5.41, 5.74) is 0.593. The normalized spacial score (nSPS) is 21.0. The van der Waals surface area contributed by atoms with Crippen LogP contribution in [0.15, 0.2) is 0 Å². The maximum Gasteiger partial charge on any atom is -0.00136 e. The number of nitrogens with zero attached hydrogens (tertiary/aromatic N) is 1. The van der Waals surface area contributed by atoms with Crippen molar-refractivity contribution in [2.24, 2.45) is 11.3 Å². The molecule has 1 N–H and O–H groups in total. The topological polar surface area (TPSA) is 15.3 Å². The minimum atomic E-state index is 0.593. The van der Waals surface area contributed by atoms with Crippen LogP contribution in [0.1, 0.15) is 53.4 Å². The van der Waals surface area contributed by atoms with Gasteiger partial charge in [0.15, 0.2) is 0 Å². The van der Waals surface area contributed by atoms with Crippen molar-refractivity contribution in [2.45, 2.75) is 53.4 Å². The highest BCUT2D eigenvalue weighted by molar-refractivity contribution is 4.78. The van der Waals surface area contributed by atoms with Crippen LogP contribution in [0.4, 0.5) is 0 Å². The lowest BCUT2D eigenvalue weighted by atomic mass is 9.82. The van der Waals surface area contributed by atoms with Crippen LogP contribution in [-0.4, -0.2) is 37.6 Å². The fraction of sp³-hybridized carbons (Fsp3) is 1.00. The molecule has 0 spiro atoms. The molecule has 2 heteroatoms. The highest BCUT2D eigenvalue weighted by atomic mass is 15.1. The highest BCUT2D eigenvalue weighted by Crippen LogP contribution is 2.29. The summed E-state index contributed by atoms with van der Waals surface area (Å²) >= 11 is 0. The summed E-state index contributed by atoms with van der Waals surface area (Å²) in [4.78, 5) is 2.65. The SMILES string of the molecule is CC(C)CNCCCCN1CCC(C)(C)CC1. The summed E-state index contributed by atoms with van der Waals surface area (Å²) in [6.07, 6.45) is 5.43. The Labute approximate surface area is 108 Å². The maximum absolute atomic E-state index is 3.52. The van der Waals surface area contributed by atoms with Gasteiger partial charge in [-0.3, -0.25) is 0 Å². The molecule has 1 rings (SSSR count). The lowest BCUT2D eigenvalue weighted by Gasteiger charge is -2.36. The van der Waals surface area contributed by atoms with E-state index in [-0.39, 0.29) is 0 Å². The first-order chi connectivity index (χ1) is 7.99. The minimum absolute atomic E-state index is 0.593. The number of piperidine rings is 1. The van der Waals surface area contributed by atoms with Crippen LogP contribution in [0.5, 0.6) is 0 Å². The van der Waals surface area contributed by atoms with Crippen LogP contribution in [0.2, 0.25) is 0 Å². The van der Waals surface area contributed by atoms with Crippen molar-refractivity contribution in [3.05, 3.63) is 0 Å². The summed E-state index contributed by atoms with van der Waals surface area (Å²) in [6, 6.07) is 0. The first-order valence-corrected chi connectivity index (χ1v) is 7.43. The summed E-state index contributed by atoms with van der Waals surface area (Å²) in [6.45, 7) is 15.6. The van der Waals surface area contributed by atoms with Crippen molar-refractivity contribution in [2.75, 3.05) is 32.7 Å².